The van der Waals surface area contributed by atoms with Crippen LogP contribution < -0.4 is 15.8 Å². The average molecular weight is 316 g/mol. The van der Waals surface area contributed by atoms with Gasteiger partial charge in [0.2, 0.25) is 5.91 Å². The molecule has 0 unspecified atom stereocenters. The van der Waals surface area contributed by atoms with Crippen molar-refractivity contribution in [3.63, 3.8) is 0 Å². The van der Waals surface area contributed by atoms with Crippen LogP contribution in [0.1, 0.15) is 31.2 Å². The lowest BCUT2D eigenvalue weighted by Gasteiger charge is -2.09. The van der Waals surface area contributed by atoms with Gasteiger partial charge in [-0.25, -0.2) is 4.79 Å². The highest BCUT2D eigenvalue weighted by molar-refractivity contribution is 5.83. The Morgan fingerprint density at radius 3 is 2.83 bits per heavy atom. The maximum Gasteiger partial charge on any atom is 0.409 e. The summed E-state index contributed by atoms with van der Waals surface area (Å²) in [6.07, 6.45) is 5.76. The Balaban J connectivity index is 1.63. The summed E-state index contributed by atoms with van der Waals surface area (Å²) in [6, 6.07) is 5.08. The third kappa shape index (κ3) is 3.64. The Hall–Kier alpha value is -2.50. The molecule has 1 heterocycles. The van der Waals surface area contributed by atoms with E-state index in [4.69, 9.17) is 14.9 Å². The lowest BCUT2D eigenvalue weighted by Crippen LogP contribution is -2.30. The van der Waals surface area contributed by atoms with Gasteiger partial charge in [0, 0.05) is 23.4 Å². The molecule has 1 aliphatic rings. The molecule has 6 nitrogen and oxygen atoms in total. The van der Waals surface area contributed by atoms with Crippen molar-refractivity contribution in [2.75, 3.05) is 6.54 Å². The molecule has 6 heteroatoms. The topological polar surface area (TPSA) is 94.6 Å². The summed E-state index contributed by atoms with van der Waals surface area (Å²) < 4.78 is 10.4. The fraction of sp³-hybridized carbons (Fsp3) is 0.412. The second-order valence-corrected chi connectivity index (χ2v) is 5.86. The lowest BCUT2D eigenvalue weighted by atomic mass is 10.1. The van der Waals surface area contributed by atoms with E-state index in [0.717, 1.165) is 36.6 Å². The number of hydrogen-bond donors (Lipinski definition) is 2. The van der Waals surface area contributed by atoms with Crippen LogP contribution in [0.2, 0.25) is 0 Å². The number of carbonyl (C=O) groups excluding carboxylic acids is 2. The zero-order valence-corrected chi connectivity index (χ0v) is 12.8. The molecular weight excluding hydrogens is 296 g/mol. The Morgan fingerprint density at radius 2 is 2.09 bits per heavy atom. The highest BCUT2D eigenvalue weighted by Gasteiger charge is 2.22. The number of furan rings is 1. The molecule has 3 rings (SSSR count). The Morgan fingerprint density at radius 1 is 1.30 bits per heavy atom. The predicted octanol–water partition coefficient (Wildman–Crippen LogP) is 2.74. The van der Waals surface area contributed by atoms with Crippen molar-refractivity contribution < 1.29 is 18.7 Å². The van der Waals surface area contributed by atoms with Gasteiger partial charge in [0.1, 0.15) is 11.3 Å². The van der Waals surface area contributed by atoms with Gasteiger partial charge in [0.05, 0.1) is 6.26 Å². The molecule has 2 amide bonds. The molecule has 23 heavy (non-hydrogen) atoms. The van der Waals surface area contributed by atoms with Crippen molar-refractivity contribution >= 4 is 23.0 Å². The van der Waals surface area contributed by atoms with Crippen LogP contribution in [0.25, 0.3) is 11.0 Å². The first-order chi connectivity index (χ1) is 11.1. The van der Waals surface area contributed by atoms with E-state index in [9.17, 15) is 9.59 Å². The summed E-state index contributed by atoms with van der Waals surface area (Å²) in [4.78, 5) is 22.8. The second kappa shape index (κ2) is 6.73. The third-order valence-electron chi connectivity index (χ3n) is 4.26. The van der Waals surface area contributed by atoms with Crippen molar-refractivity contribution in [2.45, 2.75) is 32.1 Å². The molecule has 3 N–H and O–H groups in total. The number of nitrogens with two attached hydrogens (primary N) is 1. The van der Waals surface area contributed by atoms with E-state index in [0.29, 0.717) is 24.3 Å². The summed E-state index contributed by atoms with van der Waals surface area (Å²) in [7, 11) is 0. The molecular formula is C17H20N2O4. The number of benzene rings is 1. The molecule has 0 atom stereocenters. The second-order valence-electron chi connectivity index (χ2n) is 5.86. The number of rotatable bonds is 5. The fourth-order valence-electron chi connectivity index (χ4n) is 3.09. The summed E-state index contributed by atoms with van der Waals surface area (Å²) in [5, 5.41) is 3.85. The molecule has 0 aliphatic heterocycles. The van der Waals surface area contributed by atoms with Crippen molar-refractivity contribution in [2.24, 2.45) is 11.7 Å². The average Bonchev–Trinajstić information content (AvgIpc) is 3.16. The quantitative estimate of drug-likeness (QED) is 0.886. The number of carbonyl (C=O) groups is 2. The maximum atomic E-state index is 12.0. The van der Waals surface area contributed by atoms with Gasteiger partial charge in [-0.1, -0.05) is 12.8 Å². The largest absolute Gasteiger partial charge is 0.464 e. The van der Waals surface area contributed by atoms with Crippen LogP contribution in [0.5, 0.6) is 5.75 Å². The lowest BCUT2D eigenvalue weighted by molar-refractivity contribution is -0.124. The molecule has 122 valence electrons. The van der Waals surface area contributed by atoms with E-state index >= 15 is 0 Å². The number of fused-ring (bicyclic) bond motifs is 1. The molecule has 0 saturated heterocycles. The zero-order valence-electron chi connectivity index (χ0n) is 12.8. The molecule has 1 fully saturated rings. The van der Waals surface area contributed by atoms with Crippen LogP contribution in [0.3, 0.4) is 0 Å². The first kappa shape index (κ1) is 15.4. The van der Waals surface area contributed by atoms with E-state index in [1.165, 1.54) is 0 Å². The van der Waals surface area contributed by atoms with E-state index < -0.39 is 6.09 Å². The third-order valence-corrected chi connectivity index (χ3v) is 4.26. The summed E-state index contributed by atoms with van der Waals surface area (Å²) >= 11 is 0. The van der Waals surface area contributed by atoms with Gasteiger partial charge in [0.25, 0.3) is 0 Å². The van der Waals surface area contributed by atoms with E-state index in [1.807, 2.05) is 0 Å². The van der Waals surface area contributed by atoms with E-state index in [2.05, 4.69) is 5.32 Å². The Labute approximate surface area is 134 Å². The first-order valence-corrected chi connectivity index (χ1v) is 7.88. The maximum absolute atomic E-state index is 12.0. The Kier molecular flexibility index (Phi) is 4.50. The number of hydrogen-bond acceptors (Lipinski definition) is 4. The minimum atomic E-state index is -0.849. The van der Waals surface area contributed by atoms with Crippen LogP contribution in [0.4, 0.5) is 4.79 Å². The molecule has 1 aromatic carbocycles. The molecule has 0 spiro atoms. The van der Waals surface area contributed by atoms with Crippen LogP contribution in [0.15, 0.2) is 28.9 Å². The minimum absolute atomic E-state index is 0.146. The van der Waals surface area contributed by atoms with Gasteiger partial charge < -0.3 is 20.2 Å². The standard InChI is InChI=1S/C17H20N2O4/c18-17(21)23-13-5-6-15-14(9-13)12(10-22-15)7-8-19-16(20)11-3-1-2-4-11/h5-6,9-11H,1-4,7-8H2,(H2,18,21)(H,19,20). The van der Waals surface area contributed by atoms with Crippen molar-refractivity contribution in [1.82, 2.24) is 5.32 Å². The van der Waals surface area contributed by atoms with E-state index in [1.54, 1.807) is 24.5 Å². The predicted molar refractivity (Wildman–Crippen MR) is 85.1 cm³/mol. The van der Waals surface area contributed by atoms with Gasteiger partial charge in [-0.2, -0.15) is 0 Å². The molecule has 2 aromatic rings. The van der Waals surface area contributed by atoms with Gasteiger partial charge in [-0.3, -0.25) is 4.79 Å². The number of amides is 2. The minimum Gasteiger partial charge on any atom is -0.464 e. The first-order valence-electron chi connectivity index (χ1n) is 7.88. The van der Waals surface area contributed by atoms with E-state index in [-0.39, 0.29) is 11.8 Å². The van der Waals surface area contributed by atoms with Crippen molar-refractivity contribution in [1.29, 1.82) is 0 Å². The van der Waals surface area contributed by atoms with Gasteiger partial charge in [-0.15, -0.1) is 0 Å². The monoisotopic (exact) mass is 316 g/mol. The molecule has 0 radical (unpaired) electrons. The van der Waals surface area contributed by atoms with Gasteiger partial charge >= 0.3 is 6.09 Å². The van der Waals surface area contributed by atoms with Crippen LogP contribution in [0, 0.1) is 5.92 Å². The highest BCUT2D eigenvalue weighted by atomic mass is 16.5. The number of ether oxygens (including phenoxy) is 1. The smallest absolute Gasteiger partial charge is 0.409 e. The van der Waals surface area contributed by atoms with Crippen molar-refractivity contribution in [3.8, 4) is 5.75 Å². The Bertz CT molecular complexity index is 716. The van der Waals surface area contributed by atoms with Crippen LogP contribution >= 0.6 is 0 Å². The van der Waals surface area contributed by atoms with Gasteiger partial charge in [-0.05, 0) is 37.5 Å². The molecule has 0 bridgehead atoms. The zero-order chi connectivity index (χ0) is 16.2. The molecule has 1 saturated carbocycles. The van der Waals surface area contributed by atoms with Crippen LogP contribution in [-0.2, 0) is 11.2 Å². The van der Waals surface area contributed by atoms with Crippen molar-refractivity contribution in [3.05, 3.63) is 30.0 Å². The van der Waals surface area contributed by atoms with Crippen LogP contribution in [-0.4, -0.2) is 18.5 Å². The molecule has 1 aromatic heterocycles. The fourth-order valence-corrected chi connectivity index (χ4v) is 3.09. The summed E-state index contributed by atoms with van der Waals surface area (Å²) in [5.74, 6) is 0.697. The summed E-state index contributed by atoms with van der Waals surface area (Å²) in [5.41, 5.74) is 6.69. The SMILES string of the molecule is NC(=O)Oc1ccc2occ(CCNC(=O)C3CCCC3)c2c1. The normalized spacial score (nSPS) is 15.0. The molecule has 1 aliphatic carbocycles. The van der Waals surface area contributed by atoms with Gasteiger partial charge in [0.15, 0.2) is 0 Å². The summed E-state index contributed by atoms with van der Waals surface area (Å²) in [6.45, 7) is 0.560. The number of primary amides is 1. The highest BCUT2D eigenvalue weighted by Crippen LogP contribution is 2.27. The number of nitrogens with one attached hydrogen (secondary N) is 1.